The van der Waals surface area contributed by atoms with Gasteiger partial charge in [0.2, 0.25) is 5.91 Å². The number of hydrogen-bond donors (Lipinski definition) is 2. The molecular formula is C14H22N2O. The topological polar surface area (TPSA) is 41.1 Å². The van der Waals surface area contributed by atoms with E-state index in [0.717, 1.165) is 19.5 Å². The van der Waals surface area contributed by atoms with Crippen LogP contribution in [-0.2, 0) is 11.2 Å². The average molecular weight is 234 g/mol. The Kier molecular flexibility index (Phi) is 6.33. The Morgan fingerprint density at radius 3 is 2.47 bits per heavy atom. The van der Waals surface area contributed by atoms with Crippen LogP contribution in [0.15, 0.2) is 30.3 Å². The fourth-order valence-electron chi connectivity index (χ4n) is 1.48. The highest BCUT2D eigenvalue weighted by Crippen LogP contribution is 1.97. The number of amides is 1. The highest BCUT2D eigenvalue weighted by atomic mass is 16.1. The monoisotopic (exact) mass is 234 g/mol. The van der Waals surface area contributed by atoms with Crippen molar-refractivity contribution in [3.8, 4) is 0 Å². The molecule has 0 aliphatic rings. The highest BCUT2D eigenvalue weighted by Gasteiger charge is 2.04. The molecule has 0 aromatic heterocycles. The smallest absolute Gasteiger partial charge is 0.222 e. The second-order valence-corrected chi connectivity index (χ2v) is 4.43. The quantitative estimate of drug-likeness (QED) is 0.703. The lowest BCUT2D eigenvalue weighted by Gasteiger charge is -2.08. The fraction of sp³-hybridized carbons (Fsp3) is 0.500. The molecule has 3 nitrogen and oxygen atoms in total. The first kappa shape index (κ1) is 13.7. The van der Waals surface area contributed by atoms with E-state index in [1.54, 1.807) is 0 Å². The Hall–Kier alpha value is -1.35. The van der Waals surface area contributed by atoms with Gasteiger partial charge >= 0.3 is 0 Å². The number of benzene rings is 1. The number of carbonyl (C=O) groups is 1. The number of rotatable bonds is 7. The molecule has 1 amide bonds. The summed E-state index contributed by atoms with van der Waals surface area (Å²) in [5.41, 5.74) is 1.34. The minimum Gasteiger partial charge on any atom is -0.355 e. The third kappa shape index (κ3) is 6.07. The zero-order valence-electron chi connectivity index (χ0n) is 10.7. The van der Waals surface area contributed by atoms with Crippen molar-refractivity contribution in [1.29, 1.82) is 0 Å². The van der Waals surface area contributed by atoms with Crippen molar-refractivity contribution in [2.45, 2.75) is 20.3 Å². The molecule has 2 N–H and O–H groups in total. The van der Waals surface area contributed by atoms with Crippen molar-refractivity contribution in [2.24, 2.45) is 5.92 Å². The van der Waals surface area contributed by atoms with E-state index in [1.807, 2.05) is 19.9 Å². The van der Waals surface area contributed by atoms with E-state index in [9.17, 15) is 4.79 Å². The number of nitrogens with one attached hydrogen (secondary N) is 2. The largest absolute Gasteiger partial charge is 0.355 e. The first-order chi connectivity index (χ1) is 8.20. The van der Waals surface area contributed by atoms with Gasteiger partial charge in [-0.1, -0.05) is 44.2 Å². The average Bonchev–Trinajstić information content (AvgIpc) is 2.34. The Bertz CT molecular complexity index is 322. The van der Waals surface area contributed by atoms with E-state index in [1.165, 1.54) is 5.56 Å². The molecule has 0 bridgehead atoms. The summed E-state index contributed by atoms with van der Waals surface area (Å²) >= 11 is 0. The molecule has 0 unspecified atom stereocenters. The molecule has 0 fully saturated rings. The zero-order chi connectivity index (χ0) is 12.5. The molecule has 0 aliphatic heterocycles. The lowest BCUT2D eigenvalue weighted by Crippen LogP contribution is -2.34. The van der Waals surface area contributed by atoms with E-state index in [-0.39, 0.29) is 11.8 Å². The molecule has 0 heterocycles. The summed E-state index contributed by atoms with van der Waals surface area (Å²) in [5.74, 6) is 0.189. The van der Waals surface area contributed by atoms with Crippen molar-refractivity contribution >= 4 is 5.91 Å². The summed E-state index contributed by atoms with van der Waals surface area (Å²) in [6.45, 7) is 6.27. The van der Waals surface area contributed by atoms with Crippen molar-refractivity contribution in [3.63, 3.8) is 0 Å². The Labute approximate surface area is 104 Å². The van der Waals surface area contributed by atoms with Gasteiger partial charge < -0.3 is 10.6 Å². The molecule has 0 radical (unpaired) electrons. The third-order valence-electron chi connectivity index (χ3n) is 2.56. The summed E-state index contributed by atoms with van der Waals surface area (Å²) in [4.78, 5) is 11.3. The standard InChI is InChI=1S/C14H22N2O/c1-12(2)14(17)16-11-10-15-9-8-13-6-4-3-5-7-13/h3-7,12,15H,8-11H2,1-2H3,(H,16,17). The third-order valence-corrected chi connectivity index (χ3v) is 2.56. The Morgan fingerprint density at radius 2 is 1.82 bits per heavy atom. The Morgan fingerprint density at radius 1 is 1.12 bits per heavy atom. The molecule has 3 heteroatoms. The summed E-state index contributed by atoms with van der Waals surface area (Å²) in [7, 11) is 0. The molecule has 1 aromatic carbocycles. The highest BCUT2D eigenvalue weighted by molar-refractivity contribution is 5.77. The molecule has 1 aromatic rings. The van der Waals surface area contributed by atoms with Gasteiger partial charge in [-0.25, -0.2) is 0 Å². The van der Waals surface area contributed by atoms with Crippen LogP contribution >= 0.6 is 0 Å². The van der Waals surface area contributed by atoms with Crippen molar-refractivity contribution in [2.75, 3.05) is 19.6 Å². The number of hydrogen-bond acceptors (Lipinski definition) is 2. The second-order valence-electron chi connectivity index (χ2n) is 4.43. The lowest BCUT2D eigenvalue weighted by atomic mass is 10.1. The van der Waals surface area contributed by atoms with E-state index in [2.05, 4.69) is 34.9 Å². The van der Waals surface area contributed by atoms with Crippen LogP contribution in [0.4, 0.5) is 0 Å². The predicted octanol–water partition coefficient (Wildman–Crippen LogP) is 1.59. The van der Waals surface area contributed by atoms with Gasteiger partial charge in [0.05, 0.1) is 0 Å². The predicted molar refractivity (Wildman–Crippen MR) is 70.9 cm³/mol. The van der Waals surface area contributed by atoms with Crippen LogP contribution in [-0.4, -0.2) is 25.5 Å². The van der Waals surface area contributed by atoms with E-state index in [4.69, 9.17) is 0 Å². The van der Waals surface area contributed by atoms with Gasteiger partial charge in [0.15, 0.2) is 0 Å². The summed E-state index contributed by atoms with van der Waals surface area (Å²) < 4.78 is 0. The minimum atomic E-state index is 0.0688. The molecule has 94 valence electrons. The van der Waals surface area contributed by atoms with Gasteiger partial charge in [-0.2, -0.15) is 0 Å². The van der Waals surface area contributed by atoms with E-state index in [0.29, 0.717) is 6.54 Å². The van der Waals surface area contributed by atoms with Crippen LogP contribution in [0.1, 0.15) is 19.4 Å². The van der Waals surface area contributed by atoms with Crippen LogP contribution in [0.2, 0.25) is 0 Å². The first-order valence-electron chi connectivity index (χ1n) is 6.22. The van der Waals surface area contributed by atoms with Crippen LogP contribution in [0.3, 0.4) is 0 Å². The summed E-state index contributed by atoms with van der Waals surface area (Å²) in [5, 5.41) is 6.19. The van der Waals surface area contributed by atoms with Crippen LogP contribution in [0.5, 0.6) is 0 Å². The maximum atomic E-state index is 11.3. The Balaban J connectivity index is 2.00. The SMILES string of the molecule is CC(C)C(=O)NCCNCCc1ccccc1. The molecule has 17 heavy (non-hydrogen) atoms. The van der Waals surface area contributed by atoms with E-state index < -0.39 is 0 Å². The fourth-order valence-corrected chi connectivity index (χ4v) is 1.48. The summed E-state index contributed by atoms with van der Waals surface area (Å²) in [6, 6.07) is 10.4. The van der Waals surface area contributed by atoms with Gasteiger partial charge in [-0.3, -0.25) is 4.79 Å². The molecule has 0 saturated carbocycles. The van der Waals surface area contributed by atoms with Gasteiger partial charge in [-0.15, -0.1) is 0 Å². The number of carbonyl (C=O) groups excluding carboxylic acids is 1. The first-order valence-corrected chi connectivity index (χ1v) is 6.22. The molecular weight excluding hydrogens is 212 g/mol. The lowest BCUT2D eigenvalue weighted by molar-refractivity contribution is -0.123. The molecule has 0 atom stereocenters. The normalized spacial score (nSPS) is 10.5. The molecule has 0 saturated heterocycles. The molecule has 1 rings (SSSR count). The maximum absolute atomic E-state index is 11.3. The van der Waals surface area contributed by atoms with Gasteiger partial charge in [0.25, 0.3) is 0 Å². The van der Waals surface area contributed by atoms with Crippen LogP contribution in [0, 0.1) is 5.92 Å². The molecule has 0 spiro atoms. The van der Waals surface area contributed by atoms with Crippen molar-refractivity contribution in [3.05, 3.63) is 35.9 Å². The second kappa shape index (κ2) is 7.85. The zero-order valence-corrected chi connectivity index (χ0v) is 10.7. The van der Waals surface area contributed by atoms with Gasteiger partial charge in [0, 0.05) is 19.0 Å². The maximum Gasteiger partial charge on any atom is 0.222 e. The minimum absolute atomic E-state index is 0.0688. The molecule has 0 aliphatic carbocycles. The van der Waals surface area contributed by atoms with Crippen LogP contribution < -0.4 is 10.6 Å². The van der Waals surface area contributed by atoms with E-state index >= 15 is 0 Å². The van der Waals surface area contributed by atoms with Crippen LogP contribution in [0.25, 0.3) is 0 Å². The van der Waals surface area contributed by atoms with Crippen molar-refractivity contribution < 1.29 is 4.79 Å². The van der Waals surface area contributed by atoms with Crippen molar-refractivity contribution in [1.82, 2.24) is 10.6 Å². The summed E-state index contributed by atoms with van der Waals surface area (Å²) in [6.07, 6.45) is 1.03. The van der Waals surface area contributed by atoms with Gasteiger partial charge in [0.1, 0.15) is 0 Å². The van der Waals surface area contributed by atoms with Gasteiger partial charge in [-0.05, 0) is 18.5 Å².